The second-order valence-corrected chi connectivity index (χ2v) is 9.38. The second-order valence-electron chi connectivity index (χ2n) is 9.38. The van der Waals surface area contributed by atoms with Gasteiger partial charge in [-0.1, -0.05) is 107 Å². The summed E-state index contributed by atoms with van der Waals surface area (Å²) < 4.78 is 20.8. The van der Waals surface area contributed by atoms with Crippen LogP contribution in [0.25, 0.3) is 32.9 Å². The first-order valence-corrected chi connectivity index (χ1v) is 12.9. The summed E-state index contributed by atoms with van der Waals surface area (Å²) in [6, 6.07) is 18.0. The SMILES string of the molecule is CCCCCCCCCc1ccc2c(oc(=O)c3cc(-c4ccc(CCC)cc4)ccc32)c1F. The normalized spacial score (nSPS) is 11.5. The van der Waals surface area contributed by atoms with Gasteiger partial charge in [0, 0.05) is 10.8 Å². The van der Waals surface area contributed by atoms with E-state index in [2.05, 4.69) is 38.1 Å². The van der Waals surface area contributed by atoms with Gasteiger partial charge in [0.25, 0.3) is 0 Å². The lowest BCUT2D eigenvalue weighted by atomic mass is 9.97. The van der Waals surface area contributed by atoms with Crippen molar-refractivity contribution in [3.05, 3.63) is 82.0 Å². The lowest BCUT2D eigenvalue weighted by Gasteiger charge is -2.09. The number of halogens is 1. The Hall–Kier alpha value is -2.94. The molecule has 0 aliphatic heterocycles. The number of hydrogen-bond acceptors (Lipinski definition) is 2. The molecule has 0 spiro atoms. The van der Waals surface area contributed by atoms with Crippen LogP contribution >= 0.6 is 0 Å². The van der Waals surface area contributed by atoms with Crippen LogP contribution in [0.5, 0.6) is 0 Å². The molecular formula is C31H35FO2. The van der Waals surface area contributed by atoms with Crippen LogP contribution in [0.15, 0.2) is 63.8 Å². The fraction of sp³-hybridized carbons (Fsp3) is 0.387. The van der Waals surface area contributed by atoms with Crippen LogP contribution in [-0.4, -0.2) is 0 Å². The maximum Gasteiger partial charge on any atom is 0.344 e. The number of rotatable bonds is 11. The summed E-state index contributed by atoms with van der Waals surface area (Å²) in [5.41, 5.74) is 3.54. The van der Waals surface area contributed by atoms with Crippen LogP contribution in [0.3, 0.4) is 0 Å². The summed E-state index contributed by atoms with van der Waals surface area (Å²) in [5, 5.41) is 1.88. The number of fused-ring (bicyclic) bond motifs is 3. The summed E-state index contributed by atoms with van der Waals surface area (Å²) in [5.74, 6) is -0.391. The monoisotopic (exact) mass is 458 g/mol. The minimum absolute atomic E-state index is 0.0783. The maximum atomic E-state index is 15.3. The van der Waals surface area contributed by atoms with Gasteiger partial charge in [0.2, 0.25) is 0 Å². The van der Waals surface area contributed by atoms with Crippen LogP contribution in [0, 0.1) is 5.82 Å². The van der Waals surface area contributed by atoms with E-state index in [-0.39, 0.29) is 5.58 Å². The molecule has 0 aliphatic rings. The van der Waals surface area contributed by atoms with Crippen molar-refractivity contribution < 1.29 is 8.81 Å². The van der Waals surface area contributed by atoms with Crippen molar-refractivity contribution in [2.24, 2.45) is 0 Å². The van der Waals surface area contributed by atoms with Crippen molar-refractivity contribution >= 4 is 21.7 Å². The van der Waals surface area contributed by atoms with E-state index in [0.717, 1.165) is 42.2 Å². The average Bonchev–Trinajstić information content (AvgIpc) is 2.86. The largest absolute Gasteiger partial charge is 0.419 e. The molecule has 178 valence electrons. The van der Waals surface area contributed by atoms with E-state index in [0.29, 0.717) is 22.8 Å². The van der Waals surface area contributed by atoms with Gasteiger partial charge < -0.3 is 4.42 Å². The van der Waals surface area contributed by atoms with Crippen molar-refractivity contribution in [1.29, 1.82) is 0 Å². The standard InChI is InChI=1S/C31H35FO2/c1-3-5-6-7-8-9-10-12-24-17-20-27-26-19-18-25(23-15-13-22(11-4-2)14-16-23)21-28(26)31(33)34-30(27)29(24)32/h13-21H,3-12H2,1-2H3. The van der Waals surface area contributed by atoms with E-state index in [4.69, 9.17) is 4.42 Å². The second kappa shape index (κ2) is 11.5. The third-order valence-electron chi connectivity index (χ3n) is 6.78. The Labute approximate surface area is 201 Å². The van der Waals surface area contributed by atoms with Crippen molar-refractivity contribution in [3.63, 3.8) is 0 Å². The molecule has 0 aliphatic carbocycles. The van der Waals surface area contributed by atoms with E-state index >= 15 is 4.39 Å². The summed E-state index contributed by atoms with van der Waals surface area (Å²) in [7, 11) is 0. The highest BCUT2D eigenvalue weighted by molar-refractivity contribution is 6.05. The summed E-state index contributed by atoms with van der Waals surface area (Å²) in [6.07, 6.45) is 11.2. The van der Waals surface area contributed by atoms with Gasteiger partial charge in [-0.25, -0.2) is 9.18 Å². The highest BCUT2D eigenvalue weighted by Gasteiger charge is 2.15. The Morgan fingerprint density at radius 2 is 1.35 bits per heavy atom. The molecule has 0 bridgehead atoms. The number of benzene rings is 3. The van der Waals surface area contributed by atoms with Crippen LogP contribution in [-0.2, 0) is 12.8 Å². The van der Waals surface area contributed by atoms with Gasteiger partial charge in [-0.3, -0.25) is 0 Å². The van der Waals surface area contributed by atoms with Gasteiger partial charge in [0.05, 0.1) is 5.39 Å². The van der Waals surface area contributed by atoms with Gasteiger partial charge in [-0.2, -0.15) is 0 Å². The summed E-state index contributed by atoms with van der Waals surface area (Å²) in [6.45, 7) is 4.39. The molecule has 0 saturated heterocycles. The molecule has 0 atom stereocenters. The molecule has 2 nitrogen and oxygen atoms in total. The minimum Gasteiger partial charge on any atom is -0.419 e. The van der Waals surface area contributed by atoms with Crippen LogP contribution in [0.1, 0.15) is 76.3 Å². The third kappa shape index (κ3) is 5.41. The van der Waals surface area contributed by atoms with E-state index in [1.807, 2.05) is 30.3 Å². The van der Waals surface area contributed by atoms with Crippen molar-refractivity contribution in [1.82, 2.24) is 0 Å². The molecule has 3 heteroatoms. The molecule has 0 fully saturated rings. The zero-order chi connectivity index (χ0) is 23.9. The predicted octanol–water partition coefficient (Wildman–Crippen LogP) is 9.00. The van der Waals surface area contributed by atoms with Gasteiger partial charge in [-0.05, 0) is 47.6 Å². The van der Waals surface area contributed by atoms with Crippen LogP contribution in [0.2, 0.25) is 0 Å². The van der Waals surface area contributed by atoms with E-state index in [1.54, 1.807) is 0 Å². The highest BCUT2D eigenvalue weighted by Crippen LogP contribution is 2.30. The van der Waals surface area contributed by atoms with Gasteiger partial charge >= 0.3 is 5.63 Å². The van der Waals surface area contributed by atoms with E-state index in [9.17, 15) is 4.79 Å². The van der Waals surface area contributed by atoms with E-state index in [1.165, 1.54) is 37.7 Å². The number of unbranched alkanes of at least 4 members (excludes halogenated alkanes) is 6. The predicted molar refractivity (Wildman–Crippen MR) is 141 cm³/mol. The van der Waals surface area contributed by atoms with Crippen molar-refractivity contribution in [3.8, 4) is 11.1 Å². The van der Waals surface area contributed by atoms with Crippen LogP contribution in [0.4, 0.5) is 4.39 Å². The highest BCUT2D eigenvalue weighted by atomic mass is 19.1. The first kappa shape index (κ1) is 24.2. The van der Waals surface area contributed by atoms with Crippen molar-refractivity contribution in [2.45, 2.75) is 78.1 Å². The fourth-order valence-electron chi connectivity index (χ4n) is 4.80. The maximum absolute atomic E-state index is 15.3. The molecule has 4 rings (SSSR count). The molecule has 0 amide bonds. The molecule has 0 N–H and O–H groups in total. The fourth-order valence-corrected chi connectivity index (χ4v) is 4.80. The first-order chi connectivity index (χ1) is 16.6. The molecule has 34 heavy (non-hydrogen) atoms. The lowest BCUT2D eigenvalue weighted by Crippen LogP contribution is -2.03. The summed E-state index contributed by atoms with van der Waals surface area (Å²) in [4.78, 5) is 12.8. The molecule has 0 unspecified atom stereocenters. The Kier molecular flexibility index (Phi) is 8.16. The minimum atomic E-state index is -0.487. The Morgan fingerprint density at radius 3 is 2.09 bits per heavy atom. The van der Waals surface area contributed by atoms with Crippen LogP contribution < -0.4 is 5.63 Å². The molecule has 0 saturated carbocycles. The number of hydrogen-bond donors (Lipinski definition) is 0. The quantitative estimate of drug-likeness (QED) is 0.127. The van der Waals surface area contributed by atoms with E-state index < -0.39 is 11.4 Å². The molecule has 0 radical (unpaired) electrons. The Balaban J connectivity index is 1.57. The number of aryl methyl sites for hydroxylation is 2. The smallest absolute Gasteiger partial charge is 0.344 e. The van der Waals surface area contributed by atoms with Gasteiger partial charge in [0.15, 0.2) is 11.4 Å². The zero-order valence-electron chi connectivity index (χ0n) is 20.5. The van der Waals surface area contributed by atoms with Crippen molar-refractivity contribution in [2.75, 3.05) is 0 Å². The molecule has 4 aromatic rings. The first-order valence-electron chi connectivity index (χ1n) is 12.9. The topological polar surface area (TPSA) is 30.2 Å². The molecule has 1 aromatic heterocycles. The third-order valence-corrected chi connectivity index (χ3v) is 6.78. The van der Waals surface area contributed by atoms with Gasteiger partial charge in [-0.15, -0.1) is 0 Å². The molecular weight excluding hydrogens is 423 g/mol. The average molecular weight is 459 g/mol. The Morgan fingerprint density at radius 1 is 0.676 bits per heavy atom. The zero-order valence-corrected chi connectivity index (χ0v) is 20.5. The summed E-state index contributed by atoms with van der Waals surface area (Å²) >= 11 is 0. The Bertz CT molecular complexity index is 1300. The molecule has 1 heterocycles. The lowest BCUT2D eigenvalue weighted by molar-refractivity contribution is 0.521. The van der Waals surface area contributed by atoms with Gasteiger partial charge in [0.1, 0.15) is 0 Å². The molecule has 3 aromatic carbocycles.